The Kier molecular flexibility index (Phi) is 3.97. The monoisotopic (exact) mass is 214 g/mol. The largest absolute Gasteiger partial charge is 0.446 e. The van der Waals surface area contributed by atoms with Gasteiger partial charge in [0.05, 0.1) is 0 Å². The second kappa shape index (κ2) is 4.84. The molecule has 0 bridgehead atoms. The van der Waals surface area contributed by atoms with E-state index in [1.54, 1.807) is 0 Å². The summed E-state index contributed by atoms with van der Waals surface area (Å²) in [5.41, 5.74) is 5.54. The molecule has 0 aromatic heterocycles. The third-order valence-corrected chi connectivity index (χ3v) is 2.47. The van der Waals surface area contributed by atoms with Crippen molar-refractivity contribution in [3.63, 3.8) is 0 Å². The zero-order valence-corrected chi connectivity index (χ0v) is 9.88. The normalized spacial score (nSPS) is 27.2. The highest BCUT2D eigenvalue weighted by molar-refractivity contribution is 5.68. The minimum atomic E-state index is -0.317. The standard InChI is InChI=1S/C11H22N2O2/c1-11(2,3)13-10(14)15-9-6-4-8(12)5-7-9/h8-9H,4-7,12H2,1-3H3,(H,13,14). The highest BCUT2D eigenvalue weighted by Crippen LogP contribution is 2.20. The number of carbonyl (C=O) groups excluding carboxylic acids is 1. The zero-order valence-electron chi connectivity index (χ0n) is 9.88. The summed E-state index contributed by atoms with van der Waals surface area (Å²) >= 11 is 0. The van der Waals surface area contributed by atoms with Gasteiger partial charge >= 0.3 is 6.09 Å². The van der Waals surface area contributed by atoms with Gasteiger partial charge in [-0.15, -0.1) is 0 Å². The SMILES string of the molecule is CC(C)(C)NC(=O)OC1CCC(N)CC1. The average molecular weight is 214 g/mol. The first-order valence-electron chi connectivity index (χ1n) is 5.61. The summed E-state index contributed by atoms with van der Waals surface area (Å²) in [6.45, 7) is 5.81. The van der Waals surface area contributed by atoms with Gasteiger partial charge in [0.2, 0.25) is 0 Å². The Labute approximate surface area is 91.5 Å². The van der Waals surface area contributed by atoms with Crippen molar-refractivity contribution in [1.29, 1.82) is 0 Å². The van der Waals surface area contributed by atoms with Crippen molar-refractivity contribution >= 4 is 6.09 Å². The van der Waals surface area contributed by atoms with Crippen LogP contribution in [0, 0.1) is 0 Å². The number of amides is 1. The molecule has 15 heavy (non-hydrogen) atoms. The van der Waals surface area contributed by atoms with Crippen LogP contribution in [-0.2, 0) is 4.74 Å². The first-order chi connectivity index (χ1) is 6.87. The third kappa shape index (κ3) is 5.02. The lowest BCUT2D eigenvalue weighted by molar-refractivity contribution is 0.0670. The van der Waals surface area contributed by atoms with Gasteiger partial charge in [0.15, 0.2) is 0 Å². The van der Waals surface area contributed by atoms with E-state index in [0.29, 0.717) is 0 Å². The van der Waals surface area contributed by atoms with Crippen LogP contribution < -0.4 is 11.1 Å². The van der Waals surface area contributed by atoms with Crippen LogP contribution in [0.25, 0.3) is 0 Å². The predicted molar refractivity (Wildman–Crippen MR) is 59.6 cm³/mol. The van der Waals surface area contributed by atoms with Gasteiger partial charge in [0, 0.05) is 11.6 Å². The lowest BCUT2D eigenvalue weighted by Gasteiger charge is -2.28. The van der Waals surface area contributed by atoms with Gasteiger partial charge in [-0.3, -0.25) is 0 Å². The van der Waals surface area contributed by atoms with Crippen LogP contribution in [0.2, 0.25) is 0 Å². The van der Waals surface area contributed by atoms with E-state index in [-0.39, 0.29) is 23.8 Å². The molecular weight excluding hydrogens is 192 g/mol. The highest BCUT2D eigenvalue weighted by atomic mass is 16.6. The quantitative estimate of drug-likeness (QED) is 0.699. The first kappa shape index (κ1) is 12.3. The van der Waals surface area contributed by atoms with Crippen LogP contribution >= 0.6 is 0 Å². The number of alkyl carbamates (subject to hydrolysis) is 1. The lowest BCUT2D eigenvalue weighted by Crippen LogP contribution is -2.43. The Hall–Kier alpha value is -0.770. The number of rotatable bonds is 1. The zero-order chi connectivity index (χ0) is 11.5. The predicted octanol–water partition coefficient (Wildman–Crippen LogP) is 1.78. The molecule has 1 rings (SSSR count). The van der Waals surface area contributed by atoms with E-state index in [0.717, 1.165) is 25.7 Å². The first-order valence-corrected chi connectivity index (χ1v) is 5.61. The Morgan fingerprint density at radius 2 is 1.80 bits per heavy atom. The molecule has 0 spiro atoms. The van der Waals surface area contributed by atoms with E-state index in [1.807, 2.05) is 20.8 Å². The highest BCUT2D eigenvalue weighted by Gasteiger charge is 2.23. The van der Waals surface area contributed by atoms with E-state index in [1.165, 1.54) is 0 Å². The molecule has 0 radical (unpaired) electrons. The number of nitrogens with two attached hydrogens (primary N) is 1. The molecule has 1 amide bonds. The molecule has 0 unspecified atom stereocenters. The van der Waals surface area contributed by atoms with E-state index in [4.69, 9.17) is 10.5 Å². The number of hydrogen-bond acceptors (Lipinski definition) is 3. The van der Waals surface area contributed by atoms with Gasteiger partial charge in [-0.25, -0.2) is 4.79 Å². The second-order valence-electron chi connectivity index (χ2n) is 5.32. The summed E-state index contributed by atoms with van der Waals surface area (Å²) in [5, 5.41) is 2.79. The third-order valence-electron chi connectivity index (χ3n) is 2.47. The van der Waals surface area contributed by atoms with E-state index < -0.39 is 0 Å². The molecule has 1 saturated carbocycles. The number of ether oxygens (including phenoxy) is 1. The maximum atomic E-state index is 11.4. The topological polar surface area (TPSA) is 64.3 Å². The second-order valence-corrected chi connectivity index (χ2v) is 5.32. The molecule has 0 saturated heterocycles. The maximum absolute atomic E-state index is 11.4. The van der Waals surface area contributed by atoms with Crippen LogP contribution in [0.15, 0.2) is 0 Å². The van der Waals surface area contributed by atoms with Crippen LogP contribution in [0.4, 0.5) is 4.79 Å². The van der Waals surface area contributed by atoms with Crippen molar-refractivity contribution in [2.75, 3.05) is 0 Å². The van der Waals surface area contributed by atoms with Crippen molar-refractivity contribution in [2.45, 2.75) is 64.1 Å². The van der Waals surface area contributed by atoms with Crippen molar-refractivity contribution < 1.29 is 9.53 Å². The molecular formula is C11H22N2O2. The van der Waals surface area contributed by atoms with Crippen LogP contribution in [-0.4, -0.2) is 23.8 Å². The van der Waals surface area contributed by atoms with Crippen molar-refractivity contribution in [2.24, 2.45) is 5.73 Å². The summed E-state index contributed by atoms with van der Waals surface area (Å²) in [6.07, 6.45) is 3.41. The Morgan fingerprint density at radius 3 is 2.27 bits per heavy atom. The fourth-order valence-corrected chi connectivity index (χ4v) is 1.69. The molecule has 4 heteroatoms. The fraction of sp³-hybridized carbons (Fsp3) is 0.909. The minimum Gasteiger partial charge on any atom is -0.446 e. The molecule has 3 N–H and O–H groups in total. The Balaban J connectivity index is 2.27. The van der Waals surface area contributed by atoms with Crippen molar-refractivity contribution in [3.8, 4) is 0 Å². The molecule has 0 atom stereocenters. The van der Waals surface area contributed by atoms with Crippen molar-refractivity contribution in [3.05, 3.63) is 0 Å². The molecule has 0 aromatic carbocycles. The van der Waals surface area contributed by atoms with Gasteiger partial charge in [-0.2, -0.15) is 0 Å². The summed E-state index contributed by atoms with van der Waals surface area (Å²) in [7, 11) is 0. The van der Waals surface area contributed by atoms with Crippen LogP contribution in [0.3, 0.4) is 0 Å². The fourth-order valence-electron chi connectivity index (χ4n) is 1.69. The van der Waals surface area contributed by atoms with Gasteiger partial charge < -0.3 is 15.8 Å². The van der Waals surface area contributed by atoms with Crippen LogP contribution in [0.5, 0.6) is 0 Å². The summed E-state index contributed by atoms with van der Waals surface area (Å²) in [4.78, 5) is 11.4. The molecule has 1 aliphatic rings. The Bertz CT molecular complexity index is 215. The number of nitrogens with one attached hydrogen (secondary N) is 1. The number of hydrogen-bond donors (Lipinski definition) is 2. The van der Waals surface area contributed by atoms with Gasteiger partial charge in [0.25, 0.3) is 0 Å². The molecule has 4 nitrogen and oxygen atoms in total. The van der Waals surface area contributed by atoms with Gasteiger partial charge in [-0.1, -0.05) is 0 Å². The van der Waals surface area contributed by atoms with E-state index >= 15 is 0 Å². The van der Waals surface area contributed by atoms with Gasteiger partial charge in [-0.05, 0) is 46.5 Å². The maximum Gasteiger partial charge on any atom is 0.407 e. The summed E-state index contributed by atoms with van der Waals surface area (Å²) in [5.74, 6) is 0. The molecule has 0 aliphatic heterocycles. The molecule has 0 aromatic rings. The molecule has 0 heterocycles. The molecule has 88 valence electrons. The summed E-state index contributed by atoms with van der Waals surface area (Å²) in [6, 6.07) is 0.288. The van der Waals surface area contributed by atoms with E-state index in [9.17, 15) is 4.79 Å². The van der Waals surface area contributed by atoms with E-state index in [2.05, 4.69) is 5.32 Å². The van der Waals surface area contributed by atoms with Gasteiger partial charge in [0.1, 0.15) is 6.10 Å². The van der Waals surface area contributed by atoms with Crippen molar-refractivity contribution in [1.82, 2.24) is 5.32 Å². The van der Waals surface area contributed by atoms with Crippen LogP contribution in [0.1, 0.15) is 46.5 Å². The lowest BCUT2D eigenvalue weighted by atomic mass is 9.94. The smallest absolute Gasteiger partial charge is 0.407 e. The number of carbonyl (C=O) groups is 1. The Morgan fingerprint density at radius 1 is 1.27 bits per heavy atom. The average Bonchev–Trinajstić information content (AvgIpc) is 2.05. The molecule has 1 fully saturated rings. The summed E-state index contributed by atoms with van der Waals surface area (Å²) < 4.78 is 5.31. The molecule has 1 aliphatic carbocycles. The minimum absolute atomic E-state index is 0.0483.